The summed E-state index contributed by atoms with van der Waals surface area (Å²) >= 11 is 0. The largest absolute Gasteiger partial charge is 0.460 e. The Kier molecular flexibility index (Phi) is 4.91. The number of aromatic nitrogens is 1. The molecule has 0 aliphatic rings. The van der Waals surface area contributed by atoms with Gasteiger partial charge < -0.3 is 9.15 Å². The van der Waals surface area contributed by atoms with Gasteiger partial charge in [0.15, 0.2) is 18.2 Å². The molecular formula is C23H16FNO4. The van der Waals surface area contributed by atoms with Crippen LogP contribution in [0.1, 0.15) is 26.5 Å². The summed E-state index contributed by atoms with van der Waals surface area (Å²) in [6, 6.07) is 17.4. The van der Waals surface area contributed by atoms with Gasteiger partial charge in [0, 0.05) is 10.9 Å². The first-order valence-corrected chi connectivity index (χ1v) is 8.94. The minimum Gasteiger partial charge on any atom is -0.460 e. The van der Waals surface area contributed by atoms with Crippen LogP contribution < -0.4 is 0 Å². The second-order valence-corrected chi connectivity index (χ2v) is 6.49. The average Bonchev–Trinajstić information content (AvgIpc) is 3.18. The number of halogens is 1. The fraction of sp³-hybridized carbons (Fsp3) is 0.0870. The van der Waals surface area contributed by atoms with Gasteiger partial charge in [0.25, 0.3) is 0 Å². The highest BCUT2D eigenvalue weighted by molar-refractivity contribution is 6.06. The molecule has 0 amide bonds. The van der Waals surface area contributed by atoms with Crippen molar-refractivity contribution in [2.24, 2.45) is 0 Å². The molecule has 0 saturated heterocycles. The van der Waals surface area contributed by atoms with Gasteiger partial charge in [-0.25, -0.2) is 14.2 Å². The van der Waals surface area contributed by atoms with Crippen molar-refractivity contribution >= 4 is 22.7 Å². The SMILES string of the molecule is Cc1ccc(-c2cc(C(=O)OCC(=O)c3ccc(F)cc3)c3ccccc3n2)o1. The highest BCUT2D eigenvalue weighted by atomic mass is 19.1. The van der Waals surface area contributed by atoms with Crippen LogP contribution in [0.5, 0.6) is 0 Å². The van der Waals surface area contributed by atoms with Crippen molar-refractivity contribution in [3.05, 3.63) is 89.4 Å². The Morgan fingerprint density at radius 2 is 1.79 bits per heavy atom. The third-order valence-corrected chi connectivity index (χ3v) is 4.43. The van der Waals surface area contributed by atoms with E-state index in [1.54, 1.807) is 30.3 Å². The maximum Gasteiger partial charge on any atom is 0.339 e. The van der Waals surface area contributed by atoms with Crippen LogP contribution in [-0.4, -0.2) is 23.3 Å². The van der Waals surface area contributed by atoms with Gasteiger partial charge in [0.2, 0.25) is 0 Å². The zero-order chi connectivity index (χ0) is 20.4. The smallest absolute Gasteiger partial charge is 0.339 e. The number of fused-ring (bicyclic) bond motifs is 1. The highest BCUT2D eigenvalue weighted by Gasteiger charge is 2.18. The summed E-state index contributed by atoms with van der Waals surface area (Å²) < 4.78 is 23.9. The molecule has 2 aromatic heterocycles. The molecular weight excluding hydrogens is 373 g/mol. The van der Waals surface area contributed by atoms with Gasteiger partial charge in [-0.05, 0) is 55.5 Å². The number of pyridine rings is 1. The summed E-state index contributed by atoms with van der Waals surface area (Å²) in [5.74, 6) is -0.252. The van der Waals surface area contributed by atoms with Crippen LogP contribution in [0.15, 0.2) is 71.1 Å². The molecule has 2 aromatic carbocycles. The van der Waals surface area contributed by atoms with Crippen LogP contribution >= 0.6 is 0 Å². The van der Waals surface area contributed by atoms with E-state index in [0.29, 0.717) is 22.4 Å². The van der Waals surface area contributed by atoms with E-state index < -0.39 is 24.2 Å². The molecule has 0 spiro atoms. The molecule has 0 N–H and O–H groups in total. The van der Waals surface area contributed by atoms with E-state index in [4.69, 9.17) is 9.15 Å². The Hall–Kier alpha value is -3.80. The number of para-hydroxylation sites is 1. The molecule has 0 atom stereocenters. The number of Topliss-reactive ketones (excluding diaryl/α,β-unsaturated/α-hetero) is 1. The van der Waals surface area contributed by atoms with Crippen molar-refractivity contribution < 1.29 is 23.1 Å². The van der Waals surface area contributed by atoms with E-state index in [1.165, 1.54) is 24.3 Å². The standard InChI is InChI=1S/C23H16FNO4/c1-14-6-11-22(29-14)20-12-18(17-4-2-3-5-19(17)25-20)23(27)28-13-21(26)15-7-9-16(24)10-8-15/h2-12H,13H2,1H3. The first kappa shape index (κ1) is 18.6. The zero-order valence-corrected chi connectivity index (χ0v) is 15.5. The van der Waals surface area contributed by atoms with Crippen LogP contribution in [0.2, 0.25) is 0 Å². The minimum absolute atomic E-state index is 0.269. The number of rotatable bonds is 5. The van der Waals surface area contributed by atoms with Gasteiger partial charge in [-0.3, -0.25) is 4.79 Å². The van der Waals surface area contributed by atoms with E-state index in [1.807, 2.05) is 19.1 Å². The molecule has 2 heterocycles. The Bertz CT molecular complexity index is 1210. The molecule has 6 heteroatoms. The molecule has 0 unspecified atom stereocenters. The first-order chi connectivity index (χ1) is 14.0. The number of benzene rings is 2. The van der Waals surface area contributed by atoms with Crippen LogP contribution in [0.3, 0.4) is 0 Å². The molecule has 0 radical (unpaired) electrons. The first-order valence-electron chi connectivity index (χ1n) is 8.94. The number of hydrogen-bond donors (Lipinski definition) is 0. The molecule has 29 heavy (non-hydrogen) atoms. The Morgan fingerprint density at radius 3 is 2.52 bits per heavy atom. The monoisotopic (exact) mass is 389 g/mol. The van der Waals surface area contributed by atoms with E-state index in [-0.39, 0.29) is 11.1 Å². The number of aryl methyl sites for hydroxylation is 1. The van der Waals surface area contributed by atoms with E-state index in [9.17, 15) is 14.0 Å². The number of ketones is 1. The van der Waals surface area contributed by atoms with Crippen LogP contribution in [0.25, 0.3) is 22.4 Å². The summed E-state index contributed by atoms with van der Waals surface area (Å²) in [7, 11) is 0. The number of esters is 1. The Labute approximate surface area is 165 Å². The lowest BCUT2D eigenvalue weighted by atomic mass is 10.1. The van der Waals surface area contributed by atoms with E-state index >= 15 is 0 Å². The van der Waals surface area contributed by atoms with Gasteiger partial charge in [0.05, 0.1) is 11.1 Å². The third-order valence-electron chi connectivity index (χ3n) is 4.43. The molecule has 0 saturated carbocycles. The molecule has 0 aliphatic carbocycles. The molecule has 4 rings (SSSR count). The Morgan fingerprint density at radius 1 is 1.03 bits per heavy atom. The second-order valence-electron chi connectivity index (χ2n) is 6.49. The summed E-state index contributed by atoms with van der Waals surface area (Å²) in [5, 5.41) is 0.610. The molecule has 5 nitrogen and oxygen atoms in total. The number of hydrogen-bond acceptors (Lipinski definition) is 5. The Balaban J connectivity index is 1.62. The quantitative estimate of drug-likeness (QED) is 0.356. The second kappa shape index (κ2) is 7.67. The van der Waals surface area contributed by atoms with Crippen LogP contribution in [0, 0.1) is 12.7 Å². The lowest BCUT2D eigenvalue weighted by molar-refractivity contribution is 0.0476. The summed E-state index contributed by atoms with van der Waals surface area (Å²) in [4.78, 5) is 29.5. The minimum atomic E-state index is -0.649. The third kappa shape index (κ3) is 3.91. The molecule has 0 fully saturated rings. The fourth-order valence-electron chi connectivity index (χ4n) is 2.97. The number of furan rings is 1. The predicted octanol–water partition coefficient (Wildman–Crippen LogP) is 4.98. The average molecular weight is 389 g/mol. The summed E-state index contributed by atoms with van der Waals surface area (Å²) in [6.07, 6.45) is 0. The number of carbonyl (C=O) groups excluding carboxylic acids is 2. The lowest BCUT2D eigenvalue weighted by Crippen LogP contribution is -2.15. The summed E-state index contributed by atoms with van der Waals surface area (Å²) in [5.41, 5.74) is 1.65. The number of nitrogens with zero attached hydrogens (tertiary/aromatic N) is 1. The van der Waals surface area contributed by atoms with Crippen LogP contribution in [0.4, 0.5) is 4.39 Å². The van der Waals surface area contributed by atoms with E-state index in [2.05, 4.69) is 4.98 Å². The molecule has 0 bridgehead atoms. The van der Waals surface area contributed by atoms with Crippen molar-refractivity contribution in [1.29, 1.82) is 0 Å². The van der Waals surface area contributed by atoms with Crippen molar-refractivity contribution in [2.75, 3.05) is 6.61 Å². The van der Waals surface area contributed by atoms with Gasteiger partial charge in [-0.1, -0.05) is 18.2 Å². The number of carbonyl (C=O) groups is 2. The van der Waals surface area contributed by atoms with Gasteiger partial charge in [0.1, 0.15) is 17.3 Å². The topological polar surface area (TPSA) is 69.4 Å². The van der Waals surface area contributed by atoms with E-state index in [0.717, 1.165) is 5.76 Å². The van der Waals surface area contributed by atoms with Crippen molar-refractivity contribution in [2.45, 2.75) is 6.92 Å². The lowest BCUT2D eigenvalue weighted by Gasteiger charge is -2.09. The van der Waals surface area contributed by atoms with Gasteiger partial charge in [-0.15, -0.1) is 0 Å². The predicted molar refractivity (Wildman–Crippen MR) is 105 cm³/mol. The van der Waals surface area contributed by atoms with Crippen molar-refractivity contribution in [1.82, 2.24) is 4.98 Å². The van der Waals surface area contributed by atoms with Crippen LogP contribution in [-0.2, 0) is 4.74 Å². The van der Waals surface area contributed by atoms with Crippen molar-refractivity contribution in [3.8, 4) is 11.5 Å². The van der Waals surface area contributed by atoms with Gasteiger partial charge in [-0.2, -0.15) is 0 Å². The van der Waals surface area contributed by atoms with Gasteiger partial charge >= 0.3 is 5.97 Å². The maximum absolute atomic E-state index is 13.0. The maximum atomic E-state index is 13.0. The molecule has 4 aromatic rings. The summed E-state index contributed by atoms with van der Waals surface area (Å²) in [6.45, 7) is 1.37. The molecule has 144 valence electrons. The normalized spacial score (nSPS) is 10.8. The fourth-order valence-corrected chi connectivity index (χ4v) is 2.97. The zero-order valence-electron chi connectivity index (χ0n) is 15.5. The molecule has 0 aliphatic heterocycles. The highest BCUT2D eigenvalue weighted by Crippen LogP contribution is 2.26. The van der Waals surface area contributed by atoms with Crippen molar-refractivity contribution in [3.63, 3.8) is 0 Å². The number of ether oxygens (including phenoxy) is 1.